The van der Waals surface area contributed by atoms with Crippen LogP contribution in [-0.4, -0.2) is 35.8 Å². The molecule has 94 valence electrons. The second kappa shape index (κ2) is 8.50. The van der Waals surface area contributed by atoms with Crippen molar-refractivity contribution in [3.05, 3.63) is 36.6 Å². The van der Waals surface area contributed by atoms with Gasteiger partial charge in [-0.15, -0.1) is 0 Å². The predicted molar refractivity (Wildman–Crippen MR) is 73.0 cm³/mol. The molecule has 0 radical (unpaired) electrons. The Morgan fingerprint density at radius 2 is 2.06 bits per heavy atom. The van der Waals surface area contributed by atoms with E-state index in [2.05, 4.69) is 13.3 Å². The standard InChI is InChI=1S/C14H23N2O/c1-6-8-13(3)9-10-14(17)16(5)12-15(4)11-7-2/h6-8,11H,1,4,9-10,12H2,2-3,5H3/q+1. The van der Waals surface area contributed by atoms with Gasteiger partial charge in [0.05, 0.1) is 0 Å². The predicted octanol–water partition coefficient (Wildman–Crippen LogP) is 2.56. The summed E-state index contributed by atoms with van der Waals surface area (Å²) in [6.45, 7) is 11.9. The van der Waals surface area contributed by atoms with E-state index in [9.17, 15) is 4.79 Å². The minimum Gasteiger partial charge on any atom is -0.290 e. The van der Waals surface area contributed by atoms with Crippen LogP contribution < -0.4 is 0 Å². The molecule has 0 aromatic carbocycles. The van der Waals surface area contributed by atoms with Crippen LogP contribution in [0, 0.1) is 0 Å². The molecule has 0 aliphatic heterocycles. The molecule has 0 saturated heterocycles. The van der Waals surface area contributed by atoms with Gasteiger partial charge < -0.3 is 0 Å². The Morgan fingerprint density at radius 3 is 2.59 bits per heavy atom. The third-order valence-electron chi connectivity index (χ3n) is 2.31. The Balaban J connectivity index is 4.10. The van der Waals surface area contributed by atoms with Crippen LogP contribution >= 0.6 is 0 Å². The average Bonchev–Trinajstić information content (AvgIpc) is 2.26. The molecule has 0 aliphatic carbocycles. The zero-order valence-corrected chi connectivity index (χ0v) is 11.1. The van der Waals surface area contributed by atoms with Gasteiger partial charge in [0.25, 0.3) is 0 Å². The highest BCUT2D eigenvalue weighted by atomic mass is 16.2. The maximum Gasteiger partial charge on any atom is 0.227 e. The molecule has 3 nitrogen and oxygen atoms in total. The molecule has 0 N–H and O–H groups in total. The van der Waals surface area contributed by atoms with Crippen molar-refractivity contribution >= 4 is 12.6 Å². The van der Waals surface area contributed by atoms with Gasteiger partial charge >= 0.3 is 0 Å². The topological polar surface area (TPSA) is 23.3 Å². The van der Waals surface area contributed by atoms with Gasteiger partial charge in [-0.05, 0) is 26.3 Å². The Labute approximate surface area is 104 Å². The van der Waals surface area contributed by atoms with Crippen LogP contribution in [0.1, 0.15) is 26.7 Å². The molecule has 0 aromatic heterocycles. The largest absolute Gasteiger partial charge is 0.290 e. The van der Waals surface area contributed by atoms with E-state index in [1.54, 1.807) is 22.6 Å². The van der Waals surface area contributed by atoms with Gasteiger partial charge in [0.1, 0.15) is 6.72 Å². The Kier molecular flexibility index (Phi) is 7.68. The first kappa shape index (κ1) is 15.4. The van der Waals surface area contributed by atoms with Crippen LogP contribution in [0.3, 0.4) is 0 Å². The Hall–Kier alpha value is -1.64. The minimum absolute atomic E-state index is 0.125. The molecule has 0 bridgehead atoms. The van der Waals surface area contributed by atoms with Crippen molar-refractivity contribution in [2.75, 3.05) is 13.7 Å². The number of carbonyl (C=O) groups excluding carboxylic acids is 1. The molecule has 1 amide bonds. The first-order valence-electron chi connectivity index (χ1n) is 5.73. The molecule has 0 atom stereocenters. The molecule has 0 spiro atoms. The fourth-order valence-electron chi connectivity index (χ4n) is 1.39. The first-order chi connectivity index (χ1) is 8.01. The fraction of sp³-hybridized carbons (Fsp3) is 0.429. The summed E-state index contributed by atoms with van der Waals surface area (Å²) in [7, 11) is 1.79. The average molecular weight is 235 g/mol. The van der Waals surface area contributed by atoms with Crippen molar-refractivity contribution in [2.24, 2.45) is 0 Å². The summed E-state index contributed by atoms with van der Waals surface area (Å²) in [4.78, 5) is 13.5. The van der Waals surface area contributed by atoms with Crippen LogP contribution in [-0.2, 0) is 4.79 Å². The SMILES string of the molecule is C=CC=C(C)CCC(=O)N(C)C[N+](=C)C=CC. The summed E-state index contributed by atoms with van der Waals surface area (Å²) in [5, 5.41) is 0. The number of allylic oxidation sites excluding steroid dienone is 4. The number of hydrogen-bond donors (Lipinski definition) is 0. The minimum atomic E-state index is 0.125. The normalized spacial score (nSPS) is 11.6. The summed E-state index contributed by atoms with van der Waals surface area (Å²) in [6, 6.07) is 0. The monoisotopic (exact) mass is 235 g/mol. The van der Waals surface area contributed by atoms with Gasteiger partial charge in [0.15, 0.2) is 6.20 Å². The van der Waals surface area contributed by atoms with E-state index in [0.717, 1.165) is 6.42 Å². The summed E-state index contributed by atoms with van der Waals surface area (Å²) in [5.74, 6) is 0.125. The lowest BCUT2D eigenvalue weighted by atomic mass is 10.1. The summed E-state index contributed by atoms with van der Waals surface area (Å²) in [5.41, 5.74) is 1.17. The number of nitrogens with zero attached hydrogens (tertiary/aromatic N) is 2. The highest BCUT2D eigenvalue weighted by Gasteiger charge is 2.11. The molecule has 0 rings (SSSR count). The quantitative estimate of drug-likeness (QED) is 0.288. The molecule has 3 heteroatoms. The molecule has 0 heterocycles. The van der Waals surface area contributed by atoms with Gasteiger partial charge in [-0.2, -0.15) is 4.58 Å². The Bertz CT molecular complexity index is 340. The van der Waals surface area contributed by atoms with Crippen LogP contribution in [0.4, 0.5) is 0 Å². The number of amides is 1. The highest BCUT2D eigenvalue weighted by Crippen LogP contribution is 2.05. The summed E-state index contributed by atoms with van der Waals surface area (Å²) >= 11 is 0. The maximum atomic E-state index is 11.8. The third-order valence-corrected chi connectivity index (χ3v) is 2.31. The third kappa shape index (κ3) is 7.28. The lowest BCUT2D eigenvalue weighted by Crippen LogP contribution is -2.32. The van der Waals surface area contributed by atoms with Crippen molar-refractivity contribution in [1.82, 2.24) is 4.90 Å². The van der Waals surface area contributed by atoms with Crippen LogP contribution in [0.2, 0.25) is 0 Å². The van der Waals surface area contributed by atoms with E-state index in [1.165, 1.54) is 5.57 Å². The fourth-order valence-corrected chi connectivity index (χ4v) is 1.39. The van der Waals surface area contributed by atoms with E-state index in [0.29, 0.717) is 13.1 Å². The zero-order valence-electron chi connectivity index (χ0n) is 11.1. The van der Waals surface area contributed by atoms with Crippen molar-refractivity contribution < 1.29 is 9.37 Å². The van der Waals surface area contributed by atoms with Crippen LogP contribution in [0.25, 0.3) is 0 Å². The molecule has 17 heavy (non-hydrogen) atoms. The van der Waals surface area contributed by atoms with Crippen LogP contribution in [0.15, 0.2) is 36.6 Å². The molecule has 0 saturated carbocycles. The molecule has 0 fully saturated rings. The van der Waals surface area contributed by atoms with Gasteiger partial charge in [0.2, 0.25) is 12.6 Å². The van der Waals surface area contributed by atoms with Gasteiger partial charge in [-0.1, -0.05) is 24.3 Å². The summed E-state index contributed by atoms with van der Waals surface area (Å²) < 4.78 is 1.73. The lowest BCUT2D eigenvalue weighted by Gasteiger charge is -2.13. The van der Waals surface area contributed by atoms with Crippen LogP contribution in [0.5, 0.6) is 0 Å². The second-order valence-corrected chi connectivity index (χ2v) is 4.05. The maximum absolute atomic E-state index is 11.8. The Morgan fingerprint density at radius 1 is 1.41 bits per heavy atom. The molecular formula is C14H23N2O+. The molecule has 0 unspecified atom stereocenters. The number of rotatable bonds is 7. The van der Waals surface area contributed by atoms with E-state index in [1.807, 2.05) is 32.2 Å². The van der Waals surface area contributed by atoms with Gasteiger partial charge in [0, 0.05) is 13.5 Å². The summed E-state index contributed by atoms with van der Waals surface area (Å²) in [6.07, 6.45) is 8.70. The number of hydrogen-bond acceptors (Lipinski definition) is 1. The van der Waals surface area contributed by atoms with E-state index in [-0.39, 0.29) is 5.91 Å². The highest BCUT2D eigenvalue weighted by molar-refractivity contribution is 5.75. The smallest absolute Gasteiger partial charge is 0.227 e. The van der Waals surface area contributed by atoms with Crippen molar-refractivity contribution in [2.45, 2.75) is 26.7 Å². The van der Waals surface area contributed by atoms with Crippen molar-refractivity contribution in [3.63, 3.8) is 0 Å². The molecular weight excluding hydrogens is 212 g/mol. The van der Waals surface area contributed by atoms with E-state index in [4.69, 9.17) is 0 Å². The van der Waals surface area contributed by atoms with Crippen molar-refractivity contribution in [1.29, 1.82) is 0 Å². The number of carbonyl (C=O) groups is 1. The van der Waals surface area contributed by atoms with E-state index < -0.39 is 0 Å². The van der Waals surface area contributed by atoms with Gasteiger partial charge in [-0.25, -0.2) is 0 Å². The molecule has 0 aromatic rings. The zero-order chi connectivity index (χ0) is 13.3. The lowest BCUT2D eigenvalue weighted by molar-refractivity contribution is -0.468. The van der Waals surface area contributed by atoms with E-state index >= 15 is 0 Å². The molecule has 0 aliphatic rings. The van der Waals surface area contributed by atoms with Gasteiger partial charge in [-0.3, -0.25) is 9.69 Å². The van der Waals surface area contributed by atoms with Crippen molar-refractivity contribution in [3.8, 4) is 0 Å². The first-order valence-corrected chi connectivity index (χ1v) is 5.73. The second-order valence-electron chi connectivity index (χ2n) is 4.05.